The minimum absolute atomic E-state index is 0.0145. The maximum absolute atomic E-state index is 10.0. The summed E-state index contributed by atoms with van der Waals surface area (Å²) in [5.74, 6) is 0. The van der Waals surface area contributed by atoms with Crippen LogP contribution in [0.15, 0.2) is 54.6 Å². The van der Waals surface area contributed by atoms with Crippen LogP contribution in [0.2, 0.25) is 0 Å². The van der Waals surface area contributed by atoms with E-state index in [1.54, 1.807) is 0 Å². The van der Waals surface area contributed by atoms with Crippen molar-refractivity contribution in [1.82, 2.24) is 0 Å². The number of anilines is 1. The normalized spacial score (nSPS) is 13.7. The Balaban J connectivity index is 1.75. The van der Waals surface area contributed by atoms with Gasteiger partial charge in [0, 0.05) is 12.2 Å². The van der Waals surface area contributed by atoms with Gasteiger partial charge in [0.2, 0.25) is 0 Å². The zero-order chi connectivity index (χ0) is 15.1. The Morgan fingerprint density at radius 1 is 1.05 bits per heavy atom. The first-order chi connectivity index (χ1) is 10.2. The highest BCUT2D eigenvalue weighted by Crippen LogP contribution is 2.16. The first-order valence-corrected chi connectivity index (χ1v) is 7.31. The fourth-order valence-corrected chi connectivity index (χ4v) is 2.13. The molecule has 2 unspecified atom stereocenters. The first kappa shape index (κ1) is 15.5. The van der Waals surface area contributed by atoms with Gasteiger partial charge in [-0.2, -0.15) is 0 Å². The minimum Gasteiger partial charge on any atom is -0.389 e. The van der Waals surface area contributed by atoms with Crippen LogP contribution < -0.4 is 5.32 Å². The molecule has 0 radical (unpaired) electrons. The molecule has 2 rings (SSSR count). The van der Waals surface area contributed by atoms with E-state index in [4.69, 9.17) is 4.74 Å². The Bertz CT molecular complexity index is 542. The lowest BCUT2D eigenvalue weighted by atomic mass is 10.1. The maximum atomic E-state index is 10.0. The zero-order valence-corrected chi connectivity index (χ0v) is 12.6. The number of ether oxygens (including phenoxy) is 1. The summed E-state index contributed by atoms with van der Waals surface area (Å²) in [6.45, 7) is 4.83. The Labute approximate surface area is 126 Å². The highest BCUT2D eigenvalue weighted by atomic mass is 16.5. The fraction of sp³-hybridized carbons (Fsp3) is 0.333. The van der Waals surface area contributed by atoms with Crippen LogP contribution in [0, 0.1) is 6.92 Å². The third-order valence-electron chi connectivity index (χ3n) is 3.48. The number of para-hydroxylation sites is 1. The van der Waals surface area contributed by atoms with E-state index in [1.165, 1.54) is 5.56 Å². The summed E-state index contributed by atoms with van der Waals surface area (Å²) in [5, 5.41) is 13.3. The van der Waals surface area contributed by atoms with Crippen molar-refractivity contribution in [3.63, 3.8) is 0 Å². The van der Waals surface area contributed by atoms with Crippen molar-refractivity contribution in [3.05, 3.63) is 65.7 Å². The van der Waals surface area contributed by atoms with Crippen LogP contribution in [0.25, 0.3) is 0 Å². The van der Waals surface area contributed by atoms with Crippen LogP contribution in [0.5, 0.6) is 0 Å². The Kier molecular flexibility index (Phi) is 5.78. The van der Waals surface area contributed by atoms with Gasteiger partial charge < -0.3 is 15.2 Å². The number of aliphatic hydroxyl groups is 1. The van der Waals surface area contributed by atoms with Crippen molar-refractivity contribution in [1.29, 1.82) is 0 Å². The summed E-state index contributed by atoms with van der Waals surface area (Å²) in [6, 6.07) is 18.1. The zero-order valence-electron chi connectivity index (χ0n) is 12.6. The summed E-state index contributed by atoms with van der Waals surface area (Å²) in [4.78, 5) is 0. The second kappa shape index (κ2) is 7.81. The molecule has 0 fully saturated rings. The molecule has 0 saturated heterocycles. The number of rotatable bonds is 7. The van der Waals surface area contributed by atoms with Crippen LogP contribution in [0.1, 0.15) is 24.2 Å². The number of aryl methyl sites for hydroxylation is 1. The average Bonchev–Trinajstić information content (AvgIpc) is 2.52. The van der Waals surface area contributed by atoms with Crippen LogP contribution in [-0.4, -0.2) is 24.4 Å². The van der Waals surface area contributed by atoms with Crippen LogP contribution >= 0.6 is 0 Å². The number of nitrogens with one attached hydrogen (secondary N) is 1. The molecule has 0 aliphatic rings. The van der Waals surface area contributed by atoms with Gasteiger partial charge in [0.15, 0.2) is 0 Å². The molecule has 0 heterocycles. The molecule has 0 aliphatic heterocycles. The molecule has 0 aliphatic carbocycles. The Morgan fingerprint density at radius 3 is 2.43 bits per heavy atom. The first-order valence-electron chi connectivity index (χ1n) is 7.31. The van der Waals surface area contributed by atoms with E-state index >= 15 is 0 Å². The van der Waals surface area contributed by atoms with Gasteiger partial charge in [-0.15, -0.1) is 0 Å². The lowest BCUT2D eigenvalue weighted by Gasteiger charge is -2.18. The van der Waals surface area contributed by atoms with Crippen molar-refractivity contribution in [2.24, 2.45) is 0 Å². The third kappa shape index (κ3) is 4.88. The maximum Gasteiger partial charge on any atom is 0.0945 e. The molecule has 0 bridgehead atoms. The third-order valence-corrected chi connectivity index (χ3v) is 3.48. The standard InChI is InChI=1S/C18H23NO2/c1-14-8-6-7-11-18(14)19-12-17(20)13-21-15(2)16-9-4-3-5-10-16/h3-11,15,17,19-20H,12-13H2,1-2H3. The lowest BCUT2D eigenvalue weighted by Crippen LogP contribution is -2.25. The highest BCUT2D eigenvalue weighted by molar-refractivity contribution is 5.50. The summed E-state index contributed by atoms with van der Waals surface area (Å²) in [7, 11) is 0. The molecular formula is C18H23NO2. The van der Waals surface area contributed by atoms with Gasteiger partial charge in [-0.1, -0.05) is 48.5 Å². The second-order valence-corrected chi connectivity index (χ2v) is 5.24. The largest absolute Gasteiger partial charge is 0.389 e. The number of hydrogen-bond acceptors (Lipinski definition) is 3. The topological polar surface area (TPSA) is 41.5 Å². The molecule has 0 saturated carbocycles. The molecular weight excluding hydrogens is 262 g/mol. The molecule has 3 nitrogen and oxygen atoms in total. The van der Waals surface area contributed by atoms with Crippen molar-refractivity contribution in [2.45, 2.75) is 26.1 Å². The molecule has 0 amide bonds. The quantitative estimate of drug-likeness (QED) is 0.817. The van der Waals surface area contributed by atoms with Crippen molar-refractivity contribution >= 4 is 5.69 Å². The predicted octanol–water partition coefficient (Wildman–Crippen LogP) is 3.55. The summed E-state index contributed by atoms with van der Waals surface area (Å²) in [6.07, 6.45) is -0.546. The number of hydrogen-bond donors (Lipinski definition) is 2. The van der Waals surface area contributed by atoms with Crippen molar-refractivity contribution in [2.75, 3.05) is 18.5 Å². The molecule has 3 heteroatoms. The van der Waals surface area contributed by atoms with E-state index in [9.17, 15) is 5.11 Å². The van der Waals surface area contributed by atoms with Gasteiger partial charge in [0.1, 0.15) is 0 Å². The SMILES string of the molecule is Cc1ccccc1NCC(O)COC(C)c1ccccc1. The van der Waals surface area contributed by atoms with Crippen molar-refractivity contribution in [3.8, 4) is 0 Å². The summed E-state index contributed by atoms with van der Waals surface area (Å²) < 4.78 is 5.72. The second-order valence-electron chi connectivity index (χ2n) is 5.24. The number of aliphatic hydroxyl groups excluding tert-OH is 1. The molecule has 21 heavy (non-hydrogen) atoms. The molecule has 0 aromatic heterocycles. The lowest BCUT2D eigenvalue weighted by molar-refractivity contribution is 0.00243. The molecule has 112 valence electrons. The van der Waals surface area contributed by atoms with Crippen LogP contribution in [0.4, 0.5) is 5.69 Å². The van der Waals surface area contributed by atoms with Crippen LogP contribution in [-0.2, 0) is 4.74 Å². The number of benzene rings is 2. The fourth-order valence-electron chi connectivity index (χ4n) is 2.13. The monoisotopic (exact) mass is 285 g/mol. The van der Waals surface area contributed by atoms with E-state index < -0.39 is 6.10 Å². The van der Waals surface area contributed by atoms with E-state index in [1.807, 2.05) is 68.4 Å². The van der Waals surface area contributed by atoms with E-state index in [0.29, 0.717) is 13.2 Å². The minimum atomic E-state index is -0.532. The van der Waals surface area contributed by atoms with Gasteiger partial charge in [0.25, 0.3) is 0 Å². The average molecular weight is 285 g/mol. The Hall–Kier alpha value is -1.84. The van der Waals surface area contributed by atoms with Gasteiger partial charge in [-0.3, -0.25) is 0 Å². The van der Waals surface area contributed by atoms with Crippen molar-refractivity contribution < 1.29 is 9.84 Å². The van der Waals surface area contributed by atoms with Gasteiger partial charge in [0.05, 0.1) is 18.8 Å². The van der Waals surface area contributed by atoms with E-state index in [-0.39, 0.29) is 6.10 Å². The molecule has 2 aromatic carbocycles. The molecule has 2 atom stereocenters. The smallest absolute Gasteiger partial charge is 0.0945 e. The summed E-state index contributed by atoms with van der Waals surface area (Å²) in [5.41, 5.74) is 3.34. The summed E-state index contributed by atoms with van der Waals surface area (Å²) >= 11 is 0. The van der Waals surface area contributed by atoms with Gasteiger partial charge in [-0.05, 0) is 31.0 Å². The van der Waals surface area contributed by atoms with E-state index in [0.717, 1.165) is 11.3 Å². The molecule has 2 N–H and O–H groups in total. The molecule has 2 aromatic rings. The molecule has 0 spiro atoms. The van der Waals surface area contributed by atoms with Gasteiger partial charge in [-0.25, -0.2) is 0 Å². The Morgan fingerprint density at radius 2 is 1.71 bits per heavy atom. The highest BCUT2D eigenvalue weighted by Gasteiger charge is 2.10. The predicted molar refractivity (Wildman–Crippen MR) is 86.5 cm³/mol. The van der Waals surface area contributed by atoms with Crippen LogP contribution in [0.3, 0.4) is 0 Å². The van der Waals surface area contributed by atoms with Gasteiger partial charge >= 0.3 is 0 Å². The van der Waals surface area contributed by atoms with E-state index in [2.05, 4.69) is 5.32 Å².